The third-order valence-electron chi connectivity index (χ3n) is 2.35. The van der Waals surface area contributed by atoms with Crippen molar-refractivity contribution in [3.63, 3.8) is 0 Å². The summed E-state index contributed by atoms with van der Waals surface area (Å²) in [4.78, 5) is 20.9. The van der Waals surface area contributed by atoms with E-state index in [1.165, 1.54) is 0 Å². The maximum absolute atomic E-state index is 10.5. The average Bonchev–Trinajstić information content (AvgIpc) is 2.98. The molecule has 0 aromatic heterocycles. The first-order valence-corrected chi connectivity index (χ1v) is 4.65. The van der Waals surface area contributed by atoms with Crippen LogP contribution in [0.5, 0.6) is 5.75 Å². The van der Waals surface area contributed by atoms with Crippen molar-refractivity contribution < 1.29 is 19.4 Å². The largest absolute Gasteiger partial charge is 0.490 e. The molecular weight excluding hydrogens is 196 g/mol. The number of ether oxygens (including phenoxy) is 1. The second-order valence-electron chi connectivity index (χ2n) is 3.52. The van der Waals surface area contributed by atoms with Crippen molar-refractivity contribution in [1.82, 2.24) is 0 Å². The van der Waals surface area contributed by atoms with Gasteiger partial charge >= 0.3 is 5.97 Å². The summed E-state index contributed by atoms with van der Waals surface area (Å²) in [5.74, 6) is -0.588. The quantitative estimate of drug-likeness (QED) is 0.755. The lowest BCUT2D eigenvalue weighted by molar-refractivity contribution is -0.139. The first-order chi connectivity index (χ1) is 7.20. The van der Waals surface area contributed by atoms with Crippen molar-refractivity contribution in [2.75, 3.05) is 0 Å². The fourth-order valence-corrected chi connectivity index (χ4v) is 1.36. The number of rotatable bonds is 4. The Morgan fingerprint density at radius 3 is 2.53 bits per heavy atom. The van der Waals surface area contributed by atoms with Crippen LogP contribution in [0.1, 0.15) is 16.8 Å². The minimum atomic E-state index is -0.815. The number of aliphatic carboxylic acids is 1. The number of hydrogen-bond donors (Lipinski definition) is 1. The SMILES string of the molecule is O=Cc1ccc(OC2CC2C(=O)O)cc1. The zero-order chi connectivity index (χ0) is 10.8. The molecule has 1 fully saturated rings. The van der Waals surface area contributed by atoms with Gasteiger partial charge in [-0.25, -0.2) is 0 Å². The van der Waals surface area contributed by atoms with Gasteiger partial charge in [0.15, 0.2) is 0 Å². The predicted octanol–water partition coefficient (Wildman–Crippen LogP) is 1.35. The van der Waals surface area contributed by atoms with Gasteiger partial charge in [0, 0.05) is 12.0 Å². The molecule has 1 aliphatic carbocycles. The van der Waals surface area contributed by atoms with Crippen LogP contribution >= 0.6 is 0 Å². The second-order valence-corrected chi connectivity index (χ2v) is 3.52. The predicted molar refractivity (Wildman–Crippen MR) is 52.0 cm³/mol. The highest BCUT2D eigenvalue weighted by Crippen LogP contribution is 2.34. The molecule has 0 aliphatic heterocycles. The number of hydrogen-bond acceptors (Lipinski definition) is 3. The van der Waals surface area contributed by atoms with Gasteiger partial charge in [0.1, 0.15) is 18.1 Å². The molecule has 4 nitrogen and oxygen atoms in total. The van der Waals surface area contributed by atoms with Crippen LogP contribution in [-0.4, -0.2) is 23.5 Å². The molecule has 0 radical (unpaired) electrons. The van der Waals surface area contributed by atoms with Crippen LogP contribution in [0.15, 0.2) is 24.3 Å². The molecule has 1 aromatic carbocycles. The van der Waals surface area contributed by atoms with E-state index in [1.54, 1.807) is 24.3 Å². The average molecular weight is 206 g/mol. The Balaban J connectivity index is 1.95. The molecule has 0 bridgehead atoms. The summed E-state index contributed by atoms with van der Waals surface area (Å²) in [5.41, 5.74) is 0.577. The van der Waals surface area contributed by atoms with Crippen molar-refractivity contribution in [2.45, 2.75) is 12.5 Å². The summed E-state index contributed by atoms with van der Waals surface area (Å²) in [6.07, 6.45) is 1.09. The Morgan fingerprint density at radius 1 is 1.40 bits per heavy atom. The molecule has 2 atom stereocenters. The third-order valence-corrected chi connectivity index (χ3v) is 2.35. The molecule has 78 valence electrons. The smallest absolute Gasteiger partial charge is 0.310 e. The summed E-state index contributed by atoms with van der Waals surface area (Å²) >= 11 is 0. The van der Waals surface area contributed by atoms with Crippen LogP contribution in [0.4, 0.5) is 0 Å². The van der Waals surface area contributed by atoms with Gasteiger partial charge in [0.05, 0.1) is 5.92 Å². The molecule has 2 unspecified atom stereocenters. The van der Waals surface area contributed by atoms with E-state index in [4.69, 9.17) is 9.84 Å². The standard InChI is InChI=1S/C11H10O4/c12-6-7-1-3-8(4-2-7)15-10-5-9(10)11(13)14/h1-4,6,9-10H,5H2,(H,13,14). The maximum atomic E-state index is 10.5. The molecule has 0 heterocycles. The maximum Gasteiger partial charge on any atom is 0.310 e. The first-order valence-electron chi connectivity index (χ1n) is 4.65. The molecule has 2 rings (SSSR count). The van der Waals surface area contributed by atoms with Crippen LogP contribution in [-0.2, 0) is 4.79 Å². The number of benzene rings is 1. The lowest BCUT2D eigenvalue weighted by atomic mass is 10.2. The second kappa shape index (κ2) is 3.73. The highest BCUT2D eigenvalue weighted by atomic mass is 16.5. The molecule has 1 saturated carbocycles. The molecule has 15 heavy (non-hydrogen) atoms. The number of carbonyl (C=O) groups excluding carboxylic acids is 1. The zero-order valence-electron chi connectivity index (χ0n) is 7.92. The minimum absolute atomic E-state index is 0.218. The van der Waals surface area contributed by atoms with Crippen LogP contribution in [0.2, 0.25) is 0 Å². The van der Waals surface area contributed by atoms with Crippen molar-refractivity contribution in [3.8, 4) is 5.75 Å². The molecule has 0 amide bonds. The van der Waals surface area contributed by atoms with E-state index < -0.39 is 5.97 Å². The Hall–Kier alpha value is -1.84. The molecule has 1 N–H and O–H groups in total. The Kier molecular flexibility index (Phi) is 2.41. The van der Waals surface area contributed by atoms with Gasteiger partial charge in [-0.05, 0) is 24.3 Å². The van der Waals surface area contributed by atoms with Gasteiger partial charge in [-0.2, -0.15) is 0 Å². The minimum Gasteiger partial charge on any atom is -0.490 e. The zero-order valence-corrected chi connectivity index (χ0v) is 7.92. The Bertz CT molecular complexity index is 382. The van der Waals surface area contributed by atoms with Gasteiger partial charge in [-0.1, -0.05) is 0 Å². The van der Waals surface area contributed by atoms with E-state index in [0.717, 1.165) is 6.29 Å². The normalized spacial score (nSPS) is 23.2. The van der Waals surface area contributed by atoms with Gasteiger partial charge < -0.3 is 9.84 Å². The Labute approximate surface area is 86.5 Å². The topological polar surface area (TPSA) is 63.6 Å². The monoisotopic (exact) mass is 206 g/mol. The summed E-state index contributed by atoms with van der Waals surface area (Å²) in [5, 5.41) is 8.66. The molecule has 0 saturated heterocycles. The van der Waals surface area contributed by atoms with Crippen LogP contribution in [0.3, 0.4) is 0 Å². The van der Waals surface area contributed by atoms with Gasteiger partial charge in [0.2, 0.25) is 0 Å². The van der Waals surface area contributed by atoms with Crippen LogP contribution < -0.4 is 4.74 Å². The number of carboxylic acids is 1. The van der Waals surface area contributed by atoms with Crippen molar-refractivity contribution in [3.05, 3.63) is 29.8 Å². The van der Waals surface area contributed by atoms with Crippen LogP contribution in [0.25, 0.3) is 0 Å². The Morgan fingerprint density at radius 2 is 2.07 bits per heavy atom. The van der Waals surface area contributed by atoms with Gasteiger partial charge in [-0.3, -0.25) is 9.59 Å². The van der Waals surface area contributed by atoms with E-state index in [-0.39, 0.29) is 12.0 Å². The molecular formula is C11H10O4. The van der Waals surface area contributed by atoms with E-state index in [0.29, 0.717) is 17.7 Å². The summed E-state index contributed by atoms with van der Waals surface area (Å²) in [6.45, 7) is 0. The number of carboxylic acid groups (broad SMARTS) is 1. The van der Waals surface area contributed by atoms with E-state index >= 15 is 0 Å². The fourth-order valence-electron chi connectivity index (χ4n) is 1.36. The highest BCUT2D eigenvalue weighted by molar-refractivity contribution is 5.75. The fraction of sp³-hybridized carbons (Fsp3) is 0.273. The summed E-state index contributed by atoms with van der Waals surface area (Å²) in [7, 11) is 0. The number of carbonyl (C=O) groups is 2. The van der Waals surface area contributed by atoms with E-state index in [2.05, 4.69) is 0 Å². The molecule has 1 aromatic rings. The van der Waals surface area contributed by atoms with Crippen molar-refractivity contribution in [1.29, 1.82) is 0 Å². The lowest BCUT2D eigenvalue weighted by Gasteiger charge is -2.03. The number of aldehydes is 1. The van der Waals surface area contributed by atoms with E-state index in [1.807, 2.05) is 0 Å². The summed E-state index contributed by atoms with van der Waals surface area (Å²) < 4.78 is 5.40. The molecule has 1 aliphatic rings. The lowest BCUT2D eigenvalue weighted by Crippen LogP contribution is -2.07. The van der Waals surface area contributed by atoms with Crippen LogP contribution in [0, 0.1) is 5.92 Å². The first kappa shape index (κ1) is 9.71. The third kappa shape index (κ3) is 2.15. The van der Waals surface area contributed by atoms with E-state index in [9.17, 15) is 9.59 Å². The molecule has 0 spiro atoms. The van der Waals surface area contributed by atoms with Crippen molar-refractivity contribution in [2.24, 2.45) is 5.92 Å². The van der Waals surface area contributed by atoms with Crippen molar-refractivity contribution >= 4 is 12.3 Å². The van der Waals surface area contributed by atoms with Gasteiger partial charge in [-0.15, -0.1) is 0 Å². The van der Waals surface area contributed by atoms with Gasteiger partial charge in [0.25, 0.3) is 0 Å². The summed E-state index contributed by atoms with van der Waals surface area (Å²) in [6, 6.07) is 6.61. The highest BCUT2D eigenvalue weighted by Gasteiger charge is 2.45. The molecule has 4 heteroatoms.